The molecule has 0 aliphatic carbocycles. The normalized spacial score (nSPS) is 11.0. The van der Waals surface area contributed by atoms with E-state index in [0.717, 1.165) is 15.6 Å². The SMILES string of the molecule is O=C(Cc1ccc(Br)cc1)N/N=C/c1ccc(-c2ccc(Cl)cc2Cl)o1. The van der Waals surface area contributed by atoms with Gasteiger partial charge in [0.2, 0.25) is 5.91 Å². The molecule has 26 heavy (non-hydrogen) atoms. The van der Waals surface area contributed by atoms with Crippen molar-refractivity contribution in [3.05, 3.63) is 80.4 Å². The quantitative estimate of drug-likeness (QED) is 0.399. The molecule has 0 saturated carbocycles. The van der Waals surface area contributed by atoms with Crippen LogP contribution in [0, 0.1) is 0 Å². The van der Waals surface area contributed by atoms with Gasteiger partial charge >= 0.3 is 0 Å². The molecule has 0 unspecified atom stereocenters. The molecule has 4 nitrogen and oxygen atoms in total. The van der Waals surface area contributed by atoms with Crippen LogP contribution in [0.3, 0.4) is 0 Å². The van der Waals surface area contributed by atoms with Gasteiger partial charge in [-0.2, -0.15) is 5.10 Å². The average Bonchev–Trinajstić information content (AvgIpc) is 3.05. The minimum Gasteiger partial charge on any atom is -0.455 e. The molecule has 3 rings (SSSR count). The number of nitrogens with zero attached hydrogens (tertiary/aromatic N) is 1. The molecule has 0 bridgehead atoms. The molecule has 1 amide bonds. The number of carbonyl (C=O) groups is 1. The summed E-state index contributed by atoms with van der Waals surface area (Å²) < 4.78 is 6.64. The van der Waals surface area contributed by atoms with Crippen LogP contribution in [0.5, 0.6) is 0 Å². The van der Waals surface area contributed by atoms with Gasteiger partial charge in [0.15, 0.2) is 0 Å². The maximum absolute atomic E-state index is 11.9. The van der Waals surface area contributed by atoms with E-state index in [4.69, 9.17) is 27.6 Å². The van der Waals surface area contributed by atoms with E-state index in [1.807, 2.05) is 24.3 Å². The van der Waals surface area contributed by atoms with Gasteiger partial charge in [-0.25, -0.2) is 5.43 Å². The Bertz CT molecular complexity index is 952. The third-order valence-corrected chi connectivity index (χ3v) is 4.56. The number of hydrogen-bond donors (Lipinski definition) is 1. The van der Waals surface area contributed by atoms with E-state index >= 15 is 0 Å². The molecule has 7 heteroatoms. The van der Waals surface area contributed by atoms with E-state index < -0.39 is 0 Å². The van der Waals surface area contributed by atoms with E-state index in [-0.39, 0.29) is 12.3 Å². The molecule has 1 N–H and O–H groups in total. The number of amides is 1. The summed E-state index contributed by atoms with van der Waals surface area (Å²) in [5, 5.41) is 4.97. The van der Waals surface area contributed by atoms with Crippen molar-refractivity contribution in [3.63, 3.8) is 0 Å². The maximum Gasteiger partial charge on any atom is 0.244 e. The number of halogens is 3. The second-order valence-electron chi connectivity index (χ2n) is 5.42. The molecule has 0 spiro atoms. The lowest BCUT2D eigenvalue weighted by Gasteiger charge is -2.01. The molecule has 0 atom stereocenters. The summed E-state index contributed by atoms with van der Waals surface area (Å²) in [7, 11) is 0. The van der Waals surface area contributed by atoms with Crippen LogP contribution < -0.4 is 5.43 Å². The molecule has 0 saturated heterocycles. The molecule has 0 radical (unpaired) electrons. The van der Waals surface area contributed by atoms with Crippen molar-refractivity contribution in [3.8, 4) is 11.3 Å². The Hall–Kier alpha value is -2.08. The maximum atomic E-state index is 11.9. The lowest BCUT2D eigenvalue weighted by Crippen LogP contribution is -2.19. The van der Waals surface area contributed by atoms with E-state index in [1.54, 1.807) is 30.3 Å². The minimum absolute atomic E-state index is 0.212. The molecule has 2 aromatic carbocycles. The monoisotopic (exact) mass is 450 g/mol. The van der Waals surface area contributed by atoms with Gasteiger partial charge < -0.3 is 4.42 Å². The lowest BCUT2D eigenvalue weighted by atomic mass is 10.1. The van der Waals surface area contributed by atoms with E-state index in [1.165, 1.54) is 6.21 Å². The van der Waals surface area contributed by atoms with Gasteiger partial charge in [-0.1, -0.05) is 51.3 Å². The van der Waals surface area contributed by atoms with Crippen LogP contribution in [0.25, 0.3) is 11.3 Å². The zero-order chi connectivity index (χ0) is 18.5. The van der Waals surface area contributed by atoms with Crippen molar-refractivity contribution >= 4 is 51.3 Å². The largest absolute Gasteiger partial charge is 0.455 e. The highest BCUT2D eigenvalue weighted by Crippen LogP contribution is 2.31. The summed E-state index contributed by atoms with van der Waals surface area (Å²) in [5.74, 6) is 0.875. The highest BCUT2D eigenvalue weighted by Gasteiger charge is 2.08. The summed E-state index contributed by atoms with van der Waals surface area (Å²) in [6.45, 7) is 0. The predicted molar refractivity (Wildman–Crippen MR) is 108 cm³/mol. The fourth-order valence-corrected chi connectivity index (χ4v) is 3.02. The Labute approximate surface area is 168 Å². The van der Waals surface area contributed by atoms with Crippen molar-refractivity contribution in [1.82, 2.24) is 5.43 Å². The Kier molecular flexibility index (Phi) is 6.14. The number of furan rings is 1. The minimum atomic E-state index is -0.212. The van der Waals surface area contributed by atoms with Crippen molar-refractivity contribution in [2.75, 3.05) is 0 Å². The Morgan fingerprint density at radius 1 is 1.12 bits per heavy atom. The molecular weight excluding hydrogens is 439 g/mol. The van der Waals surface area contributed by atoms with Crippen molar-refractivity contribution < 1.29 is 9.21 Å². The number of benzene rings is 2. The first-order chi connectivity index (χ1) is 12.5. The van der Waals surface area contributed by atoms with E-state index in [0.29, 0.717) is 21.6 Å². The van der Waals surface area contributed by atoms with Gasteiger partial charge in [0.05, 0.1) is 17.7 Å². The molecule has 132 valence electrons. The summed E-state index contributed by atoms with van der Waals surface area (Å²) >= 11 is 15.4. The van der Waals surface area contributed by atoms with E-state index in [2.05, 4.69) is 26.5 Å². The van der Waals surface area contributed by atoms with Gasteiger partial charge in [-0.05, 0) is 48.0 Å². The highest BCUT2D eigenvalue weighted by atomic mass is 79.9. The molecule has 0 aliphatic rings. The van der Waals surface area contributed by atoms with Gasteiger partial charge in [0, 0.05) is 15.1 Å². The molecule has 1 aromatic heterocycles. The fourth-order valence-electron chi connectivity index (χ4n) is 2.25. The van der Waals surface area contributed by atoms with Gasteiger partial charge in [-0.3, -0.25) is 4.79 Å². The summed E-state index contributed by atoms with van der Waals surface area (Å²) in [6.07, 6.45) is 1.68. The zero-order valence-corrected chi connectivity index (χ0v) is 16.5. The van der Waals surface area contributed by atoms with Gasteiger partial charge in [0.25, 0.3) is 0 Å². The van der Waals surface area contributed by atoms with Crippen LogP contribution in [0.15, 0.2) is 68.6 Å². The van der Waals surface area contributed by atoms with Gasteiger partial charge in [-0.15, -0.1) is 0 Å². The van der Waals surface area contributed by atoms with Gasteiger partial charge in [0.1, 0.15) is 11.5 Å². The van der Waals surface area contributed by atoms with Crippen molar-refractivity contribution in [2.24, 2.45) is 5.10 Å². The highest BCUT2D eigenvalue weighted by molar-refractivity contribution is 9.10. The smallest absolute Gasteiger partial charge is 0.244 e. The van der Waals surface area contributed by atoms with Crippen LogP contribution in [0.1, 0.15) is 11.3 Å². The van der Waals surface area contributed by atoms with Crippen LogP contribution in [-0.4, -0.2) is 12.1 Å². The zero-order valence-electron chi connectivity index (χ0n) is 13.4. The molecule has 1 heterocycles. The first kappa shape index (κ1) is 18.7. The number of carbonyl (C=O) groups excluding carboxylic acids is 1. The molecule has 0 aliphatic heterocycles. The second kappa shape index (κ2) is 8.54. The third-order valence-electron chi connectivity index (χ3n) is 3.48. The first-order valence-electron chi connectivity index (χ1n) is 7.63. The second-order valence-corrected chi connectivity index (χ2v) is 7.18. The molecule has 0 fully saturated rings. The third kappa shape index (κ3) is 4.97. The number of hydrogen-bond acceptors (Lipinski definition) is 3. The summed E-state index contributed by atoms with van der Waals surface area (Å²) in [6, 6.07) is 16.2. The Balaban J connectivity index is 1.60. The molecular formula is C19H13BrCl2N2O2. The lowest BCUT2D eigenvalue weighted by molar-refractivity contribution is -0.120. The average molecular weight is 452 g/mol. The number of rotatable bonds is 5. The summed E-state index contributed by atoms with van der Waals surface area (Å²) in [4.78, 5) is 11.9. The number of nitrogens with one attached hydrogen (secondary N) is 1. The van der Waals surface area contributed by atoms with Crippen LogP contribution >= 0.6 is 39.1 Å². The van der Waals surface area contributed by atoms with Crippen molar-refractivity contribution in [2.45, 2.75) is 6.42 Å². The van der Waals surface area contributed by atoms with E-state index in [9.17, 15) is 4.79 Å². The predicted octanol–water partition coefficient (Wildman–Crippen LogP) is 5.71. The van der Waals surface area contributed by atoms with Crippen molar-refractivity contribution in [1.29, 1.82) is 0 Å². The van der Waals surface area contributed by atoms with Crippen LogP contribution in [0.4, 0.5) is 0 Å². The van der Waals surface area contributed by atoms with Crippen LogP contribution in [-0.2, 0) is 11.2 Å². The molecule has 3 aromatic rings. The standard InChI is InChI=1S/C19H13BrCl2N2O2/c20-13-3-1-12(2-4-13)9-19(25)24-23-11-15-6-8-18(26-15)16-7-5-14(21)10-17(16)22/h1-8,10-11H,9H2,(H,24,25)/b23-11+. The Morgan fingerprint density at radius 2 is 1.88 bits per heavy atom. The Morgan fingerprint density at radius 3 is 2.62 bits per heavy atom. The topological polar surface area (TPSA) is 54.6 Å². The van der Waals surface area contributed by atoms with Crippen LogP contribution in [0.2, 0.25) is 10.0 Å². The first-order valence-corrected chi connectivity index (χ1v) is 9.18. The summed E-state index contributed by atoms with van der Waals surface area (Å²) in [5.41, 5.74) is 4.11. The number of hydrazone groups is 1. The fraction of sp³-hybridized carbons (Fsp3) is 0.0526.